The van der Waals surface area contributed by atoms with Gasteiger partial charge in [0.15, 0.2) is 10.9 Å². The maximum atomic E-state index is 13.2. The van der Waals surface area contributed by atoms with E-state index in [0.29, 0.717) is 16.5 Å². The number of fused-ring (bicyclic) bond motifs is 1. The molecule has 0 aliphatic heterocycles. The molecule has 3 heterocycles. The van der Waals surface area contributed by atoms with E-state index >= 15 is 0 Å². The van der Waals surface area contributed by atoms with E-state index in [4.69, 9.17) is 0 Å². The number of carbonyl (C=O) groups excluding carboxylic acids is 1. The molecule has 6 nitrogen and oxygen atoms in total. The number of carbonyl (C=O) groups is 1. The number of aryl methyl sites for hydroxylation is 3. The number of halogens is 1. The third kappa shape index (κ3) is 3.55. The predicted octanol–water partition coefficient (Wildman–Crippen LogP) is 4.26. The van der Waals surface area contributed by atoms with Gasteiger partial charge in [-0.15, -0.1) is 10.2 Å². The Hall–Kier alpha value is -3.00. The van der Waals surface area contributed by atoms with Gasteiger partial charge in [-0.25, -0.2) is 9.37 Å². The summed E-state index contributed by atoms with van der Waals surface area (Å²) in [6, 6.07) is 10.1. The molecule has 3 aromatic heterocycles. The number of Topliss-reactive ketones (excluding diaryl/α,β-unsaturated/α-hetero) is 1. The molecule has 0 N–H and O–H groups in total. The van der Waals surface area contributed by atoms with E-state index in [9.17, 15) is 9.18 Å². The number of benzene rings is 1. The van der Waals surface area contributed by atoms with Crippen LogP contribution in [0.15, 0.2) is 41.6 Å². The predicted molar refractivity (Wildman–Crippen MR) is 111 cm³/mol. The van der Waals surface area contributed by atoms with E-state index in [2.05, 4.69) is 15.2 Å². The van der Waals surface area contributed by atoms with Crippen LogP contribution >= 0.6 is 11.8 Å². The van der Waals surface area contributed by atoms with Crippen LogP contribution in [0.1, 0.15) is 33.1 Å². The number of hydrogen-bond donors (Lipinski definition) is 0. The fourth-order valence-corrected chi connectivity index (χ4v) is 4.40. The van der Waals surface area contributed by atoms with Crippen molar-refractivity contribution in [2.24, 2.45) is 0 Å². The fourth-order valence-electron chi connectivity index (χ4n) is 3.53. The topological polar surface area (TPSA) is 65.1 Å². The average Bonchev–Trinajstić information content (AvgIpc) is 3.21. The minimum Gasteiger partial charge on any atom is -0.318 e. The average molecular weight is 409 g/mol. The molecule has 0 atom stereocenters. The van der Waals surface area contributed by atoms with Crippen LogP contribution in [0.3, 0.4) is 0 Å². The van der Waals surface area contributed by atoms with Crippen molar-refractivity contribution in [1.82, 2.24) is 24.1 Å². The lowest BCUT2D eigenvalue weighted by atomic mass is 10.2. The normalized spacial score (nSPS) is 11.3. The van der Waals surface area contributed by atoms with Crippen LogP contribution in [0.5, 0.6) is 0 Å². The van der Waals surface area contributed by atoms with Crippen LogP contribution in [0.4, 0.5) is 4.39 Å². The summed E-state index contributed by atoms with van der Waals surface area (Å²) in [6.45, 7) is 7.71. The second-order valence-electron chi connectivity index (χ2n) is 6.97. The first-order valence-corrected chi connectivity index (χ1v) is 10.1. The third-order valence-electron chi connectivity index (χ3n) is 4.81. The smallest absolute Gasteiger partial charge is 0.256 e. The second-order valence-corrected chi connectivity index (χ2v) is 7.91. The molecule has 0 saturated carbocycles. The molecule has 0 aliphatic carbocycles. The summed E-state index contributed by atoms with van der Waals surface area (Å²) >= 11 is 1.34. The molecule has 0 aliphatic rings. The Balaban J connectivity index is 1.58. The van der Waals surface area contributed by atoms with Crippen LogP contribution in [0, 0.1) is 33.5 Å². The Bertz CT molecular complexity index is 1230. The zero-order chi connectivity index (χ0) is 20.7. The zero-order valence-electron chi connectivity index (χ0n) is 16.6. The highest BCUT2D eigenvalue weighted by Crippen LogP contribution is 2.24. The van der Waals surface area contributed by atoms with E-state index < -0.39 is 0 Å². The lowest BCUT2D eigenvalue weighted by Gasteiger charge is -2.09. The quantitative estimate of drug-likeness (QED) is 0.364. The van der Waals surface area contributed by atoms with Gasteiger partial charge in [0.1, 0.15) is 5.82 Å². The van der Waals surface area contributed by atoms with Gasteiger partial charge in [-0.05, 0) is 64.1 Å². The first-order valence-electron chi connectivity index (χ1n) is 9.15. The third-order valence-corrected chi connectivity index (χ3v) is 5.74. The molecule has 4 aromatic rings. The molecule has 0 radical (unpaired) electrons. The highest BCUT2D eigenvalue weighted by molar-refractivity contribution is 7.99. The summed E-state index contributed by atoms with van der Waals surface area (Å²) < 4.78 is 17.1. The molecular weight excluding hydrogens is 389 g/mol. The van der Waals surface area contributed by atoms with Gasteiger partial charge in [0.25, 0.3) is 5.78 Å². The van der Waals surface area contributed by atoms with Crippen LogP contribution in [-0.2, 0) is 0 Å². The molecule has 148 valence electrons. The Kier molecular flexibility index (Phi) is 4.96. The standard InChI is InChI=1S/C21H20FN5OS/c1-12-9-13(2)27-20(23-12)24-25-21(27)29-11-19(28)18-10-14(3)26(15(18)4)17-7-5-16(22)6-8-17/h5-10H,11H2,1-4H3. The summed E-state index contributed by atoms with van der Waals surface area (Å²) in [6.07, 6.45) is 0. The Morgan fingerprint density at radius 3 is 2.48 bits per heavy atom. The minimum absolute atomic E-state index is 0.00550. The van der Waals surface area contributed by atoms with Crippen LogP contribution < -0.4 is 0 Å². The number of thioether (sulfide) groups is 1. The van der Waals surface area contributed by atoms with Crippen LogP contribution in [-0.4, -0.2) is 35.7 Å². The summed E-state index contributed by atoms with van der Waals surface area (Å²) in [7, 11) is 0. The molecule has 0 spiro atoms. The summed E-state index contributed by atoms with van der Waals surface area (Å²) in [4.78, 5) is 17.3. The molecule has 0 bridgehead atoms. The molecule has 1 aromatic carbocycles. The first-order chi connectivity index (χ1) is 13.8. The number of ketones is 1. The van der Waals surface area contributed by atoms with Crippen molar-refractivity contribution in [3.8, 4) is 5.69 Å². The number of nitrogens with zero attached hydrogens (tertiary/aromatic N) is 5. The van der Waals surface area contributed by atoms with Crippen molar-refractivity contribution in [3.05, 3.63) is 70.6 Å². The lowest BCUT2D eigenvalue weighted by molar-refractivity contribution is 0.102. The van der Waals surface area contributed by atoms with Gasteiger partial charge in [-0.2, -0.15) is 0 Å². The van der Waals surface area contributed by atoms with Crippen molar-refractivity contribution >= 4 is 23.3 Å². The van der Waals surface area contributed by atoms with E-state index in [-0.39, 0.29) is 17.4 Å². The Morgan fingerprint density at radius 2 is 1.76 bits per heavy atom. The van der Waals surface area contributed by atoms with Gasteiger partial charge in [0.05, 0.1) is 5.75 Å². The highest BCUT2D eigenvalue weighted by atomic mass is 32.2. The molecule has 29 heavy (non-hydrogen) atoms. The summed E-state index contributed by atoms with van der Waals surface area (Å²) in [5.41, 5.74) is 5.09. The summed E-state index contributed by atoms with van der Waals surface area (Å²) in [5.74, 6) is 0.490. The first kappa shape index (κ1) is 19.3. The highest BCUT2D eigenvalue weighted by Gasteiger charge is 2.18. The molecule has 0 amide bonds. The molecule has 0 saturated heterocycles. The van der Waals surface area contributed by atoms with Crippen molar-refractivity contribution in [1.29, 1.82) is 0 Å². The summed E-state index contributed by atoms with van der Waals surface area (Å²) in [5, 5.41) is 8.94. The molecule has 0 fully saturated rings. The van der Waals surface area contributed by atoms with E-state index in [0.717, 1.165) is 28.5 Å². The lowest BCUT2D eigenvalue weighted by Crippen LogP contribution is -2.06. The van der Waals surface area contributed by atoms with E-state index in [1.807, 2.05) is 48.8 Å². The van der Waals surface area contributed by atoms with Gasteiger partial charge in [0.2, 0.25) is 0 Å². The van der Waals surface area contributed by atoms with Gasteiger partial charge in [0, 0.05) is 34.0 Å². The monoisotopic (exact) mass is 409 g/mol. The number of hydrogen-bond acceptors (Lipinski definition) is 5. The maximum absolute atomic E-state index is 13.2. The van der Waals surface area contributed by atoms with Crippen LogP contribution in [0.25, 0.3) is 11.5 Å². The van der Waals surface area contributed by atoms with Crippen molar-refractivity contribution in [2.75, 3.05) is 5.75 Å². The van der Waals surface area contributed by atoms with E-state index in [1.165, 1.54) is 23.9 Å². The minimum atomic E-state index is -0.288. The van der Waals surface area contributed by atoms with Crippen molar-refractivity contribution in [3.63, 3.8) is 0 Å². The molecular formula is C21H20FN5OS. The SMILES string of the molecule is Cc1cc(C)n2c(SCC(=O)c3cc(C)n(-c4ccc(F)cc4)c3C)nnc2n1. The second kappa shape index (κ2) is 7.44. The van der Waals surface area contributed by atoms with Crippen molar-refractivity contribution < 1.29 is 9.18 Å². The molecule has 8 heteroatoms. The maximum Gasteiger partial charge on any atom is 0.256 e. The number of rotatable bonds is 5. The largest absolute Gasteiger partial charge is 0.318 e. The fraction of sp³-hybridized carbons (Fsp3) is 0.238. The molecule has 4 rings (SSSR count). The van der Waals surface area contributed by atoms with Gasteiger partial charge >= 0.3 is 0 Å². The zero-order valence-corrected chi connectivity index (χ0v) is 17.4. The van der Waals surface area contributed by atoms with Crippen LogP contribution in [0.2, 0.25) is 0 Å². The van der Waals surface area contributed by atoms with Gasteiger partial charge in [-0.3, -0.25) is 9.20 Å². The van der Waals surface area contributed by atoms with Gasteiger partial charge in [-0.1, -0.05) is 11.8 Å². The Morgan fingerprint density at radius 1 is 1.03 bits per heavy atom. The Labute approximate surface area is 171 Å². The van der Waals surface area contributed by atoms with Gasteiger partial charge < -0.3 is 4.57 Å². The van der Waals surface area contributed by atoms with Crippen molar-refractivity contribution in [2.45, 2.75) is 32.9 Å². The molecule has 0 unspecified atom stereocenters. The number of aromatic nitrogens is 5. The van der Waals surface area contributed by atoms with E-state index in [1.54, 1.807) is 12.1 Å².